The molecule has 1 aliphatic carbocycles. The summed E-state index contributed by atoms with van der Waals surface area (Å²) in [4.78, 5) is 11.4. The van der Waals surface area contributed by atoms with Gasteiger partial charge in [0.15, 0.2) is 0 Å². The summed E-state index contributed by atoms with van der Waals surface area (Å²) in [6.45, 7) is 13.7. The average Bonchev–Trinajstić information content (AvgIpc) is 3.20. The van der Waals surface area contributed by atoms with Gasteiger partial charge in [0.2, 0.25) is 0 Å². The Kier molecular flexibility index (Phi) is 8.94. The highest BCUT2D eigenvalue weighted by molar-refractivity contribution is 6.08. The first-order valence-corrected chi connectivity index (χ1v) is 14.2. The quantitative estimate of drug-likeness (QED) is 0.252. The molecule has 0 radical (unpaired) electrons. The number of fused-ring (bicyclic) bond motifs is 2. The van der Waals surface area contributed by atoms with Crippen LogP contribution >= 0.6 is 0 Å². The number of benzene rings is 3. The molecule has 1 aliphatic rings. The third-order valence-corrected chi connectivity index (χ3v) is 7.92. The van der Waals surface area contributed by atoms with Crippen LogP contribution in [0.25, 0.3) is 21.8 Å². The Balaban J connectivity index is 0.000000426. The molecular weight excluding hydrogens is 470 g/mol. The third-order valence-electron chi connectivity index (χ3n) is 7.92. The molecule has 1 aromatic heterocycles. The molecule has 4 bridgehead atoms. The van der Waals surface area contributed by atoms with E-state index in [9.17, 15) is 9.90 Å². The van der Waals surface area contributed by atoms with Gasteiger partial charge < -0.3 is 14.4 Å². The van der Waals surface area contributed by atoms with E-state index < -0.39 is 5.97 Å². The highest BCUT2D eigenvalue weighted by atomic mass is 16.5. The van der Waals surface area contributed by atoms with Crippen molar-refractivity contribution in [3.8, 4) is 0 Å². The van der Waals surface area contributed by atoms with Crippen molar-refractivity contribution in [2.45, 2.75) is 78.7 Å². The lowest BCUT2D eigenvalue weighted by molar-refractivity contribution is 0.0696. The molecule has 4 heteroatoms. The van der Waals surface area contributed by atoms with Crippen LogP contribution in [0.1, 0.15) is 87.4 Å². The molecule has 0 spiro atoms. The molecule has 1 heterocycles. The van der Waals surface area contributed by atoms with Gasteiger partial charge in [0.05, 0.1) is 5.56 Å². The first-order valence-electron chi connectivity index (χ1n) is 14.2. The van der Waals surface area contributed by atoms with Crippen LogP contribution in [-0.4, -0.2) is 28.9 Å². The Bertz CT molecular complexity index is 1390. The van der Waals surface area contributed by atoms with E-state index in [1.165, 1.54) is 58.6 Å². The van der Waals surface area contributed by atoms with Crippen molar-refractivity contribution in [1.82, 2.24) is 4.57 Å². The van der Waals surface area contributed by atoms with Gasteiger partial charge in [-0.1, -0.05) is 58.4 Å². The second-order valence-corrected chi connectivity index (χ2v) is 11.5. The van der Waals surface area contributed by atoms with E-state index in [2.05, 4.69) is 68.7 Å². The monoisotopic (exact) mass is 513 g/mol. The standard InChI is InChI=1S/C28H29NO2.C6H14O/c1-18-11-12-28(2,3)22-8-10-26-24(16-22)23-15-19(13-18)7-9-25(23)29(26)17-20-5-4-6-21(14-20)27(30)31;1-3-5-6-7-4-2/h4-10,14-16,18H,11-13,17H2,1-3H3,(H,30,31);3-6H2,1-2H3. The minimum atomic E-state index is -0.885. The largest absolute Gasteiger partial charge is 0.478 e. The summed E-state index contributed by atoms with van der Waals surface area (Å²) < 4.78 is 7.41. The van der Waals surface area contributed by atoms with Crippen molar-refractivity contribution in [1.29, 1.82) is 0 Å². The van der Waals surface area contributed by atoms with Gasteiger partial charge in [-0.2, -0.15) is 0 Å². The number of aromatic carboxylic acids is 1. The summed E-state index contributed by atoms with van der Waals surface area (Å²) in [6, 6.07) is 21.1. The topological polar surface area (TPSA) is 51.5 Å². The lowest BCUT2D eigenvalue weighted by Crippen LogP contribution is -2.18. The van der Waals surface area contributed by atoms with E-state index in [0.717, 1.165) is 25.2 Å². The van der Waals surface area contributed by atoms with Gasteiger partial charge in [0.1, 0.15) is 0 Å². The highest BCUT2D eigenvalue weighted by Crippen LogP contribution is 2.38. The molecule has 1 unspecified atom stereocenters. The van der Waals surface area contributed by atoms with Gasteiger partial charge in [-0.3, -0.25) is 0 Å². The van der Waals surface area contributed by atoms with Crippen molar-refractivity contribution < 1.29 is 14.6 Å². The Hall–Kier alpha value is -3.11. The molecule has 0 fully saturated rings. The fourth-order valence-electron chi connectivity index (χ4n) is 5.50. The average molecular weight is 514 g/mol. The predicted octanol–water partition coefficient (Wildman–Crippen LogP) is 8.61. The van der Waals surface area contributed by atoms with Crippen LogP contribution in [0, 0.1) is 5.92 Å². The SMILES string of the molecule is CC1CCC(C)(C)c2ccc3c(c2)c2cc(ccc2n3Cc2cccc(C(=O)O)c2)C1.CCCCOCC. The van der Waals surface area contributed by atoms with E-state index in [1.807, 2.05) is 19.1 Å². The minimum Gasteiger partial charge on any atom is -0.478 e. The molecule has 0 amide bonds. The van der Waals surface area contributed by atoms with E-state index in [0.29, 0.717) is 18.0 Å². The number of carboxylic acids is 1. The summed E-state index contributed by atoms with van der Waals surface area (Å²) in [5.74, 6) is -0.228. The zero-order chi connectivity index (χ0) is 27.3. The molecule has 0 saturated carbocycles. The van der Waals surface area contributed by atoms with Gasteiger partial charge in [0.25, 0.3) is 0 Å². The Labute approximate surface area is 227 Å². The van der Waals surface area contributed by atoms with Gasteiger partial charge in [-0.25, -0.2) is 4.79 Å². The molecule has 4 aromatic rings. The number of rotatable bonds is 7. The summed E-state index contributed by atoms with van der Waals surface area (Å²) in [5, 5.41) is 12.0. The Morgan fingerprint density at radius 2 is 1.76 bits per heavy atom. The normalized spacial score (nSPS) is 16.5. The number of aromatic nitrogens is 1. The number of carbonyl (C=O) groups is 1. The molecule has 0 aliphatic heterocycles. The van der Waals surface area contributed by atoms with Crippen molar-refractivity contribution in [3.05, 3.63) is 82.9 Å². The number of hydrogen-bond donors (Lipinski definition) is 1. The molecule has 0 saturated heterocycles. The maximum atomic E-state index is 11.4. The first kappa shape index (κ1) is 27.9. The second kappa shape index (κ2) is 12.2. The molecule has 38 heavy (non-hydrogen) atoms. The van der Waals surface area contributed by atoms with Crippen molar-refractivity contribution in [2.24, 2.45) is 5.92 Å². The third kappa shape index (κ3) is 6.30. The molecular formula is C34H43NO3. The molecule has 1 atom stereocenters. The number of nitrogens with zero attached hydrogens (tertiary/aromatic N) is 1. The van der Waals surface area contributed by atoms with Crippen molar-refractivity contribution in [2.75, 3.05) is 13.2 Å². The van der Waals surface area contributed by atoms with E-state index >= 15 is 0 Å². The van der Waals surface area contributed by atoms with Crippen LogP contribution in [0.3, 0.4) is 0 Å². The lowest BCUT2D eigenvalue weighted by atomic mass is 9.78. The lowest BCUT2D eigenvalue weighted by Gasteiger charge is -2.27. The molecule has 5 rings (SSSR count). The maximum Gasteiger partial charge on any atom is 0.335 e. The van der Waals surface area contributed by atoms with Crippen molar-refractivity contribution >= 4 is 27.8 Å². The fraction of sp³-hybridized carbons (Fsp3) is 0.441. The van der Waals surface area contributed by atoms with E-state index in [4.69, 9.17) is 4.74 Å². The van der Waals surface area contributed by atoms with Crippen LogP contribution in [0.15, 0.2) is 60.7 Å². The summed E-state index contributed by atoms with van der Waals surface area (Å²) in [6.07, 6.45) is 5.96. The maximum absolute atomic E-state index is 11.4. The first-order chi connectivity index (χ1) is 18.2. The van der Waals surface area contributed by atoms with Gasteiger partial charge in [0, 0.05) is 41.6 Å². The van der Waals surface area contributed by atoms with Gasteiger partial charge >= 0.3 is 5.97 Å². The molecule has 3 aromatic carbocycles. The van der Waals surface area contributed by atoms with Crippen LogP contribution in [0.4, 0.5) is 0 Å². The smallest absolute Gasteiger partial charge is 0.335 e. The van der Waals surface area contributed by atoms with Crippen LogP contribution in [0.5, 0.6) is 0 Å². The van der Waals surface area contributed by atoms with Crippen LogP contribution in [0.2, 0.25) is 0 Å². The van der Waals surface area contributed by atoms with Crippen LogP contribution < -0.4 is 0 Å². The minimum absolute atomic E-state index is 0.143. The summed E-state index contributed by atoms with van der Waals surface area (Å²) >= 11 is 0. The van der Waals surface area contributed by atoms with Gasteiger partial charge in [-0.15, -0.1) is 0 Å². The summed E-state index contributed by atoms with van der Waals surface area (Å²) in [7, 11) is 0. The second-order valence-electron chi connectivity index (χ2n) is 11.5. The number of ether oxygens (including phenoxy) is 1. The number of hydrogen-bond acceptors (Lipinski definition) is 2. The Morgan fingerprint density at radius 1 is 1.03 bits per heavy atom. The zero-order valence-corrected chi connectivity index (χ0v) is 23.7. The van der Waals surface area contributed by atoms with E-state index in [1.54, 1.807) is 12.1 Å². The number of unbranched alkanes of at least 4 members (excludes halogenated alkanes) is 1. The predicted molar refractivity (Wildman–Crippen MR) is 158 cm³/mol. The van der Waals surface area contributed by atoms with Crippen molar-refractivity contribution in [3.63, 3.8) is 0 Å². The Morgan fingerprint density at radius 3 is 2.47 bits per heavy atom. The van der Waals surface area contributed by atoms with Gasteiger partial charge in [-0.05, 0) is 97.0 Å². The van der Waals surface area contributed by atoms with E-state index in [-0.39, 0.29) is 5.41 Å². The molecule has 202 valence electrons. The highest BCUT2D eigenvalue weighted by Gasteiger charge is 2.24. The summed E-state index contributed by atoms with van der Waals surface area (Å²) in [5.41, 5.74) is 6.69. The molecule has 1 N–H and O–H groups in total. The zero-order valence-electron chi connectivity index (χ0n) is 23.7. The van der Waals surface area contributed by atoms with Crippen LogP contribution in [-0.2, 0) is 23.1 Å². The fourth-order valence-corrected chi connectivity index (χ4v) is 5.50. The molecule has 4 nitrogen and oxygen atoms in total. The number of carboxylic acid groups (broad SMARTS) is 1.